The minimum Gasteiger partial charge on any atom is -0.369 e. The Morgan fingerprint density at radius 3 is 2.77 bits per heavy atom. The third kappa shape index (κ3) is 2.43. The lowest BCUT2D eigenvalue weighted by molar-refractivity contribution is 0.632. The molecule has 0 unspecified atom stereocenters. The highest BCUT2D eigenvalue weighted by Gasteiger charge is 2.11. The van der Waals surface area contributed by atoms with Crippen molar-refractivity contribution in [3.05, 3.63) is 53.0 Å². The predicted octanol–water partition coefficient (Wildman–Crippen LogP) is 2.57. The number of hydrogen-bond donors (Lipinski definition) is 1. The first-order chi connectivity index (χ1) is 10.6. The number of fused-ring (bicyclic) bond motifs is 1. The Kier molecular flexibility index (Phi) is 3.58. The van der Waals surface area contributed by atoms with Gasteiger partial charge >= 0.3 is 0 Å². The second kappa shape index (κ2) is 5.55. The minimum atomic E-state index is -0.485. The van der Waals surface area contributed by atoms with Gasteiger partial charge in [0.1, 0.15) is 11.6 Å². The van der Waals surface area contributed by atoms with Crippen molar-refractivity contribution in [1.29, 1.82) is 0 Å². The Morgan fingerprint density at radius 2 is 2.09 bits per heavy atom. The van der Waals surface area contributed by atoms with Crippen LogP contribution in [0.5, 0.6) is 0 Å². The van der Waals surface area contributed by atoms with Crippen LogP contribution in [-0.2, 0) is 7.05 Å². The van der Waals surface area contributed by atoms with Crippen molar-refractivity contribution in [3.8, 4) is 11.3 Å². The van der Waals surface area contributed by atoms with Crippen molar-refractivity contribution < 1.29 is 4.39 Å². The van der Waals surface area contributed by atoms with Gasteiger partial charge in [0, 0.05) is 25.4 Å². The standard InChI is InChI=1S/C16H15FN4O/c1-3-18-15-9-19-14(8-20-15)12-6-10-4-5-21(2)16(22)11(10)7-13(12)17/h4-9H,3H2,1-2H3,(H,18,20). The highest BCUT2D eigenvalue weighted by molar-refractivity contribution is 5.86. The number of rotatable bonds is 3. The molecule has 6 heteroatoms. The molecule has 2 heterocycles. The van der Waals surface area contributed by atoms with Crippen LogP contribution in [0.25, 0.3) is 22.0 Å². The van der Waals surface area contributed by atoms with Gasteiger partial charge in [-0.3, -0.25) is 9.78 Å². The molecule has 0 atom stereocenters. The Bertz CT molecular complexity index is 887. The third-order valence-electron chi connectivity index (χ3n) is 3.45. The van der Waals surface area contributed by atoms with Gasteiger partial charge in [-0.05, 0) is 30.5 Å². The highest BCUT2D eigenvalue weighted by Crippen LogP contribution is 2.25. The summed E-state index contributed by atoms with van der Waals surface area (Å²) in [6.07, 6.45) is 4.74. The zero-order valence-electron chi connectivity index (χ0n) is 12.3. The summed E-state index contributed by atoms with van der Waals surface area (Å²) in [5.74, 6) is 0.155. The maximum Gasteiger partial charge on any atom is 0.258 e. The van der Waals surface area contributed by atoms with Crippen molar-refractivity contribution in [2.45, 2.75) is 6.92 Å². The molecule has 1 aromatic carbocycles. The number of nitrogens with zero attached hydrogens (tertiary/aromatic N) is 3. The minimum absolute atomic E-state index is 0.225. The Hall–Kier alpha value is -2.76. The van der Waals surface area contributed by atoms with Crippen LogP contribution in [0.2, 0.25) is 0 Å². The van der Waals surface area contributed by atoms with Crippen molar-refractivity contribution in [3.63, 3.8) is 0 Å². The molecule has 0 amide bonds. The van der Waals surface area contributed by atoms with Crippen LogP contribution in [0, 0.1) is 5.82 Å². The molecule has 3 rings (SSSR count). The number of halogens is 1. The average Bonchev–Trinajstić information content (AvgIpc) is 2.52. The van der Waals surface area contributed by atoms with E-state index >= 15 is 0 Å². The van der Waals surface area contributed by atoms with Crippen LogP contribution >= 0.6 is 0 Å². The van der Waals surface area contributed by atoms with Crippen molar-refractivity contribution in [1.82, 2.24) is 14.5 Å². The number of hydrogen-bond acceptors (Lipinski definition) is 4. The SMILES string of the molecule is CCNc1cnc(-c2cc3ccn(C)c(=O)c3cc2F)cn1. The Labute approximate surface area is 126 Å². The van der Waals surface area contributed by atoms with E-state index in [9.17, 15) is 9.18 Å². The van der Waals surface area contributed by atoms with Crippen molar-refractivity contribution >= 4 is 16.6 Å². The van der Waals surface area contributed by atoms with E-state index < -0.39 is 5.82 Å². The number of nitrogens with one attached hydrogen (secondary N) is 1. The van der Waals surface area contributed by atoms with E-state index in [1.165, 1.54) is 16.8 Å². The van der Waals surface area contributed by atoms with Crippen LogP contribution in [0.1, 0.15) is 6.92 Å². The summed E-state index contributed by atoms with van der Waals surface area (Å²) in [4.78, 5) is 20.4. The molecule has 22 heavy (non-hydrogen) atoms. The summed E-state index contributed by atoms with van der Waals surface area (Å²) in [5.41, 5.74) is 0.537. The monoisotopic (exact) mass is 298 g/mol. The quantitative estimate of drug-likeness (QED) is 0.807. The molecule has 2 aromatic heterocycles. The first kappa shape index (κ1) is 14.2. The number of pyridine rings is 1. The van der Waals surface area contributed by atoms with Crippen molar-refractivity contribution in [2.75, 3.05) is 11.9 Å². The second-order valence-electron chi connectivity index (χ2n) is 4.97. The van der Waals surface area contributed by atoms with Gasteiger partial charge in [-0.1, -0.05) is 0 Å². The number of aromatic nitrogens is 3. The van der Waals surface area contributed by atoms with Crippen LogP contribution in [-0.4, -0.2) is 21.1 Å². The highest BCUT2D eigenvalue weighted by atomic mass is 19.1. The van der Waals surface area contributed by atoms with Crippen LogP contribution in [0.15, 0.2) is 41.6 Å². The molecule has 0 aliphatic carbocycles. The largest absolute Gasteiger partial charge is 0.369 e. The molecule has 0 radical (unpaired) electrons. The first-order valence-corrected chi connectivity index (χ1v) is 6.95. The fraction of sp³-hybridized carbons (Fsp3) is 0.188. The number of aryl methyl sites for hydroxylation is 1. The Morgan fingerprint density at radius 1 is 1.27 bits per heavy atom. The fourth-order valence-corrected chi connectivity index (χ4v) is 2.30. The van der Waals surface area contributed by atoms with Gasteiger partial charge in [0.2, 0.25) is 0 Å². The van der Waals surface area contributed by atoms with E-state index in [1.54, 1.807) is 31.6 Å². The van der Waals surface area contributed by atoms with Gasteiger partial charge in [-0.25, -0.2) is 9.37 Å². The molecular weight excluding hydrogens is 283 g/mol. The average molecular weight is 298 g/mol. The van der Waals surface area contributed by atoms with Gasteiger partial charge in [-0.2, -0.15) is 0 Å². The molecule has 5 nitrogen and oxygen atoms in total. The maximum atomic E-state index is 14.3. The van der Waals surface area contributed by atoms with Crippen LogP contribution in [0.4, 0.5) is 10.2 Å². The smallest absolute Gasteiger partial charge is 0.258 e. The summed E-state index contributed by atoms with van der Waals surface area (Å²) < 4.78 is 15.8. The van der Waals surface area contributed by atoms with Crippen LogP contribution < -0.4 is 10.9 Å². The van der Waals surface area contributed by atoms with E-state index in [1.807, 2.05) is 6.92 Å². The molecule has 0 aliphatic heterocycles. The molecule has 0 aliphatic rings. The topological polar surface area (TPSA) is 59.8 Å². The molecule has 0 fully saturated rings. The maximum absolute atomic E-state index is 14.3. The summed E-state index contributed by atoms with van der Waals surface area (Å²) in [7, 11) is 1.64. The van der Waals surface area contributed by atoms with Gasteiger partial charge in [0.15, 0.2) is 0 Å². The summed E-state index contributed by atoms with van der Waals surface area (Å²) >= 11 is 0. The van der Waals surface area contributed by atoms with Crippen molar-refractivity contribution in [2.24, 2.45) is 7.05 Å². The lowest BCUT2D eigenvalue weighted by Crippen LogP contribution is -2.15. The van der Waals surface area contributed by atoms with Gasteiger partial charge in [0.25, 0.3) is 5.56 Å². The van der Waals surface area contributed by atoms with E-state index in [-0.39, 0.29) is 5.56 Å². The van der Waals surface area contributed by atoms with E-state index in [0.29, 0.717) is 27.8 Å². The lowest BCUT2D eigenvalue weighted by atomic mass is 10.1. The Balaban J connectivity index is 2.13. The molecule has 0 saturated heterocycles. The van der Waals surface area contributed by atoms with Gasteiger partial charge in [-0.15, -0.1) is 0 Å². The van der Waals surface area contributed by atoms with E-state index in [0.717, 1.165) is 6.54 Å². The normalized spacial score (nSPS) is 10.9. The molecule has 0 bridgehead atoms. The molecule has 0 spiro atoms. The predicted molar refractivity (Wildman–Crippen MR) is 84.3 cm³/mol. The van der Waals surface area contributed by atoms with Gasteiger partial charge < -0.3 is 9.88 Å². The summed E-state index contributed by atoms with van der Waals surface area (Å²) in [6, 6.07) is 4.66. The molecular formula is C16H15FN4O. The summed E-state index contributed by atoms with van der Waals surface area (Å²) in [6.45, 7) is 2.70. The fourth-order valence-electron chi connectivity index (χ4n) is 2.30. The molecule has 0 saturated carbocycles. The lowest BCUT2D eigenvalue weighted by Gasteiger charge is -2.07. The first-order valence-electron chi connectivity index (χ1n) is 6.95. The summed E-state index contributed by atoms with van der Waals surface area (Å²) in [5, 5.41) is 4.06. The molecule has 112 valence electrons. The zero-order valence-corrected chi connectivity index (χ0v) is 12.3. The second-order valence-corrected chi connectivity index (χ2v) is 4.97. The number of benzene rings is 1. The zero-order chi connectivity index (χ0) is 15.7. The van der Waals surface area contributed by atoms with E-state index in [4.69, 9.17) is 0 Å². The van der Waals surface area contributed by atoms with Crippen LogP contribution in [0.3, 0.4) is 0 Å². The third-order valence-corrected chi connectivity index (χ3v) is 3.45. The molecule has 1 N–H and O–H groups in total. The number of anilines is 1. The van der Waals surface area contributed by atoms with E-state index in [2.05, 4.69) is 15.3 Å². The molecule has 3 aromatic rings. The van der Waals surface area contributed by atoms with Gasteiger partial charge in [0.05, 0.1) is 23.5 Å².